The zero-order valence-electron chi connectivity index (χ0n) is 21.1. The first-order valence-corrected chi connectivity index (χ1v) is 12.0. The van der Waals surface area contributed by atoms with Gasteiger partial charge in [-0.15, -0.1) is 0 Å². The molecule has 5 heteroatoms. The van der Waals surface area contributed by atoms with Crippen LogP contribution in [0.5, 0.6) is 5.75 Å². The Bertz CT molecular complexity index is 883. The summed E-state index contributed by atoms with van der Waals surface area (Å²) in [5.41, 5.74) is 3.40. The molecule has 0 unspecified atom stereocenters. The number of aryl methyl sites for hydroxylation is 1. The van der Waals surface area contributed by atoms with Gasteiger partial charge in [-0.25, -0.2) is 0 Å². The van der Waals surface area contributed by atoms with Crippen molar-refractivity contribution in [1.82, 2.24) is 10.2 Å². The van der Waals surface area contributed by atoms with E-state index in [9.17, 15) is 9.59 Å². The standard InChI is InChI=1S/C28H40N2O3/c1-7-9-18-29-27(32)25(8-2)30(19-22-12-10-21(3)11-13-22)26(31)20-33-24-16-14-23(15-17-24)28(4,5)6/h10-17,25H,7-9,18-20H2,1-6H3,(H,29,32)/t25-/m0/s1. The fraction of sp³-hybridized carbons (Fsp3) is 0.500. The second kappa shape index (κ2) is 12.4. The lowest BCUT2D eigenvalue weighted by molar-refractivity contribution is -0.143. The van der Waals surface area contributed by atoms with E-state index in [0.717, 1.165) is 24.0 Å². The highest BCUT2D eigenvalue weighted by molar-refractivity contribution is 5.88. The van der Waals surface area contributed by atoms with Crippen LogP contribution in [0.4, 0.5) is 0 Å². The third kappa shape index (κ3) is 8.23. The van der Waals surface area contributed by atoms with Crippen LogP contribution in [0.3, 0.4) is 0 Å². The Morgan fingerprint density at radius 1 is 1.00 bits per heavy atom. The summed E-state index contributed by atoms with van der Waals surface area (Å²) in [5.74, 6) is 0.334. The van der Waals surface area contributed by atoms with Crippen molar-refractivity contribution in [1.29, 1.82) is 0 Å². The molecular weight excluding hydrogens is 412 g/mol. The maximum atomic E-state index is 13.3. The molecule has 0 aromatic heterocycles. The van der Waals surface area contributed by atoms with E-state index >= 15 is 0 Å². The molecule has 0 fully saturated rings. The molecule has 0 heterocycles. The summed E-state index contributed by atoms with van der Waals surface area (Å²) in [6.45, 7) is 13.4. The first-order valence-electron chi connectivity index (χ1n) is 12.0. The summed E-state index contributed by atoms with van der Waals surface area (Å²) >= 11 is 0. The predicted octanol–water partition coefficient (Wildman–Crippen LogP) is 5.40. The molecule has 1 N–H and O–H groups in total. The van der Waals surface area contributed by atoms with Crippen LogP contribution in [0.1, 0.15) is 70.6 Å². The minimum absolute atomic E-state index is 0.0542. The van der Waals surface area contributed by atoms with Gasteiger partial charge in [0.05, 0.1) is 0 Å². The Hall–Kier alpha value is -2.82. The Labute approximate surface area is 199 Å². The van der Waals surface area contributed by atoms with E-state index in [1.165, 1.54) is 5.56 Å². The lowest BCUT2D eigenvalue weighted by atomic mass is 9.87. The first kappa shape index (κ1) is 26.4. The molecule has 0 aliphatic rings. The molecule has 0 aliphatic carbocycles. The monoisotopic (exact) mass is 452 g/mol. The number of unbranched alkanes of at least 4 members (excludes halogenated alkanes) is 1. The van der Waals surface area contributed by atoms with Crippen molar-refractivity contribution in [3.8, 4) is 5.75 Å². The average Bonchev–Trinajstić information content (AvgIpc) is 2.78. The van der Waals surface area contributed by atoms with Crippen molar-refractivity contribution in [2.24, 2.45) is 0 Å². The number of nitrogens with zero attached hydrogens (tertiary/aromatic N) is 1. The molecule has 0 aliphatic heterocycles. The molecule has 2 amide bonds. The number of rotatable bonds is 11. The van der Waals surface area contributed by atoms with Crippen molar-refractivity contribution in [2.45, 2.75) is 78.8 Å². The van der Waals surface area contributed by atoms with Crippen LogP contribution in [-0.4, -0.2) is 35.9 Å². The highest BCUT2D eigenvalue weighted by Gasteiger charge is 2.28. The minimum Gasteiger partial charge on any atom is -0.484 e. The minimum atomic E-state index is -0.539. The van der Waals surface area contributed by atoms with Crippen LogP contribution in [0.2, 0.25) is 0 Å². The van der Waals surface area contributed by atoms with Crippen LogP contribution in [-0.2, 0) is 21.5 Å². The Balaban J connectivity index is 2.15. The van der Waals surface area contributed by atoms with Crippen LogP contribution < -0.4 is 10.1 Å². The summed E-state index contributed by atoms with van der Waals surface area (Å²) in [6.07, 6.45) is 2.46. The summed E-state index contributed by atoms with van der Waals surface area (Å²) in [4.78, 5) is 27.8. The molecule has 5 nitrogen and oxygen atoms in total. The van der Waals surface area contributed by atoms with E-state index in [1.807, 2.05) is 62.4 Å². The largest absolute Gasteiger partial charge is 0.484 e. The zero-order valence-corrected chi connectivity index (χ0v) is 21.1. The molecule has 1 atom stereocenters. The van der Waals surface area contributed by atoms with Gasteiger partial charge in [0.15, 0.2) is 6.61 Å². The lowest BCUT2D eigenvalue weighted by Gasteiger charge is -2.30. The Morgan fingerprint density at radius 2 is 1.64 bits per heavy atom. The van der Waals surface area contributed by atoms with Crippen molar-refractivity contribution in [2.75, 3.05) is 13.2 Å². The fourth-order valence-corrected chi connectivity index (χ4v) is 3.60. The molecule has 2 aromatic rings. The van der Waals surface area contributed by atoms with Crippen molar-refractivity contribution < 1.29 is 14.3 Å². The Kier molecular flexibility index (Phi) is 9.95. The number of carbonyl (C=O) groups is 2. The SMILES string of the molecule is CCCCNC(=O)[C@H](CC)N(Cc1ccc(C)cc1)C(=O)COc1ccc(C(C)(C)C)cc1. The topological polar surface area (TPSA) is 58.6 Å². The molecule has 0 saturated heterocycles. The quantitative estimate of drug-likeness (QED) is 0.465. The second-order valence-electron chi connectivity index (χ2n) is 9.64. The van der Waals surface area contributed by atoms with Gasteiger partial charge in [-0.05, 0) is 48.4 Å². The summed E-state index contributed by atoms with van der Waals surface area (Å²) < 4.78 is 5.82. The van der Waals surface area contributed by atoms with Gasteiger partial charge in [0.25, 0.3) is 5.91 Å². The smallest absolute Gasteiger partial charge is 0.261 e. The van der Waals surface area contributed by atoms with E-state index in [0.29, 0.717) is 25.3 Å². The first-order chi connectivity index (χ1) is 15.7. The maximum absolute atomic E-state index is 13.3. The molecule has 0 spiro atoms. The molecule has 180 valence electrons. The molecular formula is C28H40N2O3. The van der Waals surface area contributed by atoms with Gasteiger partial charge in [0.2, 0.25) is 5.91 Å². The third-order valence-corrected chi connectivity index (χ3v) is 5.77. The van der Waals surface area contributed by atoms with E-state index in [1.54, 1.807) is 4.90 Å². The molecule has 33 heavy (non-hydrogen) atoms. The van der Waals surface area contributed by atoms with Gasteiger partial charge >= 0.3 is 0 Å². The van der Waals surface area contributed by atoms with Crippen molar-refractivity contribution in [3.05, 3.63) is 65.2 Å². The van der Waals surface area contributed by atoms with E-state index in [4.69, 9.17) is 4.74 Å². The number of carbonyl (C=O) groups excluding carboxylic acids is 2. The number of hydrogen-bond acceptors (Lipinski definition) is 3. The lowest BCUT2D eigenvalue weighted by Crippen LogP contribution is -2.50. The summed E-state index contributed by atoms with van der Waals surface area (Å²) in [5, 5.41) is 2.99. The summed E-state index contributed by atoms with van der Waals surface area (Å²) in [6, 6.07) is 15.4. The molecule has 2 rings (SSSR count). The number of amides is 2. The van der Waals surface area contributed by atoms with Crippen molar-refractivity contribution >= 4 is 11.8 Å². The highest BCUT2D eigenvalue weighted by atomic mass is 16.5. The number of nitrogens with one attached hydrogen (secondary N) is 1. The normalized spacial score (nSPS) is 12.2. The van der Waals surface area contributed by atoms with E-state index in [-0.39, 0.29) is 23.8 Å². The van der Waals surface area contributed by atoms with Crippen molar-refractivity contribution in [3.63, 3.8) is 0 Å². The zero-order chi connectivity index (χ0) is 24.4. The molecule has 0 radical (unpaired) electrons. The van der Waals surface area contributed by atoms with Gasteiger partial charge in [-0.2, -0.15) is 0 Å². The van der Waals surface area contributed by atoms with E-state index in [2.05, 4.69) is 33.0 Å². The predicted molar refractivity (Wildman–Crippen MR) is 134 cm³/mol. The van der Waals surface area contributed by atoms with Gasteiger partial charge in [0.1, 0.15) is 11.8 Å². The average molecular weight is 453 g/mol. The van der Waals surface area contributed by atoms with Crippen LogP contribution in [0, 0.1) is 6.92 Å². The van der Waals surface area contributed by atoms with Gasteiger partial charge in [0, 0.05) is 13.1 Å². The second-order valence-corrected chi connectivity index (χ2v) is 9.64. The molecule has 0 bridgehead atoms. The van der Waals surface area contributed by atoms with Gasteiger partial charge < -0.3 is 15.0 Å². The van der Waals surface area contributed by atoms with Gasteiger partial charge in [-0.3, -0.25) is 9.59 Å². The molecule has 2 aromatic carbocycles. The maximum Gasteiger partial charge on any atom is 0.261 e. The van der Waals surface area contributed by atoms with E-state index < -0.39 is 6.04 Å². The fourth-order valence-electron chi connectivity index (χ4n) is 3.60. The highest BCUT2D eigenvalue weighted by Crippen LogP contribution is 2.24. The van der Waals surface area contributed by atoms with Crippen LogP contribution >= 0.6 is 0 Å². The number of hydrogen-bond donors (Lipinski definition) is 1. The summed E-state index contributed by atoms with van der Waals surface area (Å²) in [7, 11) is 0. The Morgan fingerprint density at radius 3 is 2.18 bits per heavy atom. The molecule has 0 saturated carbocycles. The van der Waals surface area contributed by atoms with Gasteiger partial charge in [-0.1, -0.05) is 83.0 Å². The van der Waals surface area contributed by atoms with Crippen LogP contribution in [0.15, 0.2) is 48.5 Å². The number of benzene rings is 2. The number of ether oxygens (including phenoxy) is 1. The third-order valence-electron chi connectivity index (χ3n) is 5.77. The van der Waals surface area contributed by atoms with Crippen LogP contribution in [0.25, 0.3) is 0 Å².